The normalized spacial score (nSPS) is 22.2. The molecule has 1 saturated carbocycles. The van der Waals surface area contributed by atoms with Crippen molar-refractivity contribution in [2.24, 2.45) is 5.92 Å². The van der Waals surface area contributed by atoms with E-state index < -0.39 is 22.9 Å². The number of amides is 2. The summed E-state index contributed by atoms with van der Waals surface area (Å²) in [6.07, 6.45) is 9.28. The molecule has 0 aromatic heterocycles. The van der Waals surface area contributed by atoms with Crippen molar-refractivity contribution in [3.8, 4) is 5.75 Å². The number of nitrogens with one attached hydrogen (secondary N) is 1. The maximum atomic E-state index is 15.3. The number of carbonyl (C=O) groups excluding carboxylic acids is 2. The minimum absolute atomic E-state index is 0.0204. The van der Waals surface area contributed by atoms with Gasteiger partial charge in [0.2, 0.25) is 17.1 Å². The first-order valence-corrected chi connectivity index (χ1v) is 11.8. The Labute approximate surface area is 178 Å². The molecule has 3 aliphatic rings. The van der Waals surface area contributed by atoms with Crippen LogP contribution in [0.2, 0.25) is 0 Å². The number of halogens is 1. The van der Waals surface area contributed by atoms with Gasteiger partial charge in [-0.25, -0.2) is 8.60 Å². The van der Waals surface area contributed by atoms with Gasteiger partial charge in [-0.3, -0.25) is 18.6 Å². The second-order valence-corrected chi connectivity index (χ2v) is 9.61. The number of hydrogen-bond donors (Lipinski definition) is 2. The Kier molecular flexibility index (Phi) is 6.26. The summed E-state index contributed by atoms with van der Waals surface area (Å²) in [5.74, 6) is -0.807. The molecule has 2 fully saturated rings. The van der Waals surface area contributed by atoms with Crippen LogP contribution in [0.1, 0.15) is 62.5 Å². The van der Waals surface area contributed by atoms with E-state index in [2.05, 4.69) is 4.72 Å². The van der Waals surface area contributed by atoms with E-state index in [-0.39, 0.29) is 30.4 Å². The van der Waals surface area contributed by atoms with Crippen molar-refractivity contribution in [3.63, 3.8) is 0 Å². The lowest BCUT2D eigenvalue weighted by Gasteiger charge is -2.31. The fourth-order valence-electron chi connectivity index (χ4n) is 4.80. The summed E-state index contributed by atoms with van der Waals surface area (Å²) in [5.41, 5.74) is 0.715. The monoisotopic (exact) mass is 437 g/mol. The van der Waals surface area contributed by atoms with E-state index in [1.807, 2.05) is 0 Å². The van der Waals surface area contributed by atoms with Crippen LogP contribution in [-0.2, 0) is 33.7 Å². The summed E-state index contributed by atoms with van der Waals surface area (Å²) in [6, 6.07) is 1.46. The number of aromatic hydroxyl groups is 1. The van der Waals surface area contributed by atoms with Crippen LogP contribution in [-0.4, -0.2) is 39.1 Å². The number of rotatable bonds is 5. The highest BCUT2D eigenvalue weighted by Gasteiger charge is 2.34. The fraction of sp³-hybridized carbons (Fsp3) is 0.619. The lowest BCUT2D eigenvalue weighted by atomic mass is 9.86. The summed E-state index contributed by atoms with van der Waals surface area (Å²) >= 11 is -1.93. The molecule has 9 heteroatoms. The molecule has 2 amide bonds. The smallest absolute Gasteiger partial charge is 0.253 e. The van der Waals surface area contributed by atoms with Crippen molar-refractivity contribution < 1.29 is 23.3 Å². The average Bonchev–Trinajstić information content (AvgIpc) is 3.06. The third-order valence-corrected chi connectivity index (χ3v) is 7.55. The van der Waals surface area contributed by atoms with Crippen molar-refractivity contribution in [2.45, 2.75) is 64.3 Å². The molecule has 1 aromatic carbocycles. The number of anilines is 1. The van der Waals surface area contributed by atoms with Crippen molar-refractivity contribution in [2.75, 3.05) is 17.4 Å². The largest absolute Gasteiger partial charge is 0.506 e. The second kappa shape index (κ2) is 8.91. The van der Waals surface area contributed by atoms with Gasteiger partial charge in [0.05, 0.1) is 0 Å². The van der Waals surface area contributed by atoms with Gasteiger partial charge >= 0.3 is 0 Å². The van der Waals surface area contributed by atoms with E-state index >= 15 is 4.39 Å². The molecule has 30 heavy (non-hydrogen) atoms. The van der Waals surface area contributed by atoms with Crippen molar-refractivity contribution >= 4 is 28.7 Å². The van der Waals surface area contributed by atoms with E-state index in [0.717, 1.165) is 23.1 Å². The lowest BCUT2D eigenvalue weighted by Crippen LogP contribution is -2.37. The molecule has 0 bridgehead atoms. The summed E-state index contributed by atoms with van der Waals surface area (Å²) in [6.45, 7) is 0.321. The highest BCUT2D eigenvalue weighted by Crippen LogP contribution is 2.38. The average molecular weight is 438 g/mol. The standard InChI is InChI=1S/C21H28FN3O4S/c22-20-16-12-24(19(28)8-4-7-14-5-2-1-3-6-14)10-9-15(16)11-17(26)21(20)25-13-18(27)23-30(25)29/h11,14,26H,1-10,12-13H2,(H,23,27). The number of hydrogen-bond acceptors (Lipinski definition) is 4. The lowest BCUT2D eigenvalue weighted by molar-refractivity contribution is -0.132. The van der Waals surface area contributed by atoms with Gasteiger partial charge in [-0.2, -0.15) is 0 Å². The summed E-state index contributed by atoms with van der Waals surface area (Å²) in [4.78, 5) is 25.9. The highest BCUT2D eigenvalue weighted by molar-refractivity contribution is 7.85. The number of phenols is 1. The van der Waals surface area contributed by atoms with E-state index in [1.165, 1.54) is 38.2 Å². The first-order valence-electron chi connectivity index (χ1n) is 10.7. The molecular weight excluding hydrogens is 409 g/mol. The Balaban J connectivity index is 1.43. The zero-order valence-electron chi connectivity index (χ0n) is 17.0. The maximum absolute atomic E-state index is 15.3. The van der Waals surface area contributed by atoms with Crippen LogP contribution in [0.5, 0.6) is 5.75 Å². The molecule has 2 aliphatic heterocycles. The van der Waals surface area contributed by atoms with Crippen LogP contribution in [0.4, 0.5) is 10.1 Å². The van der Waals surface area contributed by atoms with Crippen LogP contribution in [0.25, 0.3) is 0 Å². The first-order chi connectivity index (χ1) is 14.4. The zero-order chi connectivity index (χ0) is 21.3. The molecule has 0 spiro atoms. The van der Waals surface area contributed by atoms with Crippen LogP contribution >= 0.6 is 0 Å². The molecule has 1 saturated heterocycles. The van der Waals surface area contributed by atoms with Gasteiger partial charge in [0, 0.05) is 25.1 Å². The zero-order valence-corrected chi connectivity index (χ0v) is 17.8. The SMILES string of the molecule is O=C1CN(c2c(O)cc3c(c2F)CN(C(=O)CCCC2CCCCC2)CC3)S(=O)N1. The van der Waals surface area contributed by atoms with Gasteiger partial charge in [-0.1, -0.05) is 32.1 Å². The highest BCUT2D eigenvalue weighted by atomic mass is 32.2. The Morgan fingerprint density at radius 2 is 2.03 bits per heavy atom. The second-order valence-electron chi connectivity index (χ2n) is 8.47. The quantitative estimate of drug-likeness (QED) is 0.741. The Bertz CT molecular complexity index is 872. The third-order valence-electron chi connectivity index (χ3n) is 6.43. The van der Waals surface area contributed by atoms with Gasteiger partial charge in [0.1, 0.15) is 18.0 Å². The van der Waals surface area contributed by atoms with Crippen LogP contribution in [0, 0.1) is 11.7 Å². The van der Waals surface area contributed by atoms with E-state index in [0.29, 0.717) is 30.5 Å². The third kappa shape index (κ3) is 4.31. The number of carbonyl (C=O) groups is 2. The maximum Gasteiger partial charge on any atom is 0.253 e. The van der Waals surface area contributed by atoms with Gasteiger partial charge in [0.25, 0.3) is 5.91 Å². The number of benzene rings is 1. The Hall–Kier alpha value is -2.16. The molecule has 2 N–H and O–H groups in total. The van der Waals surface area contributed by atoms with Crippen LogP contribution < -0.4 is 9.03 Å². The van der Waals surface area contributed by atoms with Gasteiger partial charge in [-0.05, 0) is 36.8 Å². The van der Waals surface area contributed by atoms with Crippen LogP contribution in [0.3, 0.4) is 0 Å². The molecule has 1 aromatic rings. The minimum Gasteiger partial charge on any atom is -0.506 e. The molecule has 7 nitrogen and oxygen atoms in total. The van der Waals surface area contributed by atoms with Gasteiger partial charge in [-0.15, -0.1) is 0 Å². The summed E-state index contributed by atoms with van der Waals surface area (Å²) < 4.78 is 30.5. The topological polar surface area (TPSA) is 90.0 Å². The molecule has 1 aliphatic carbocycles. The molecule has 1 unspecified atom stereocenters. The Morgan fingerprint density at radius 3 is 2.73 bits per heavy atom. The van der Waals surface area contributed by atoms with Crippen molar-refractivity contribution in [1.82, 2.24) is 9.62 Å². The van der Waals surface area contributed by atoms with Crippen molar-refractivity contribution in [3.05, 3.63) is 23.0 Å². The van der Waals surface area contributed by atoms with Crippen LogP contribution in [0.15, 0.2) is 6.07 Å². The van der Waals surface area contributed by atoms with E-state index in [9.17, 15) is 18.9 Å². The molecule has 4 rings (SSSR count). The molecule has 1 atom stereocenters. The molecular formula is C21H28FN3O4S. The summed E-state index contributed by atoms with van der Waals surface area (Å²) in [5, 5.41) is 10.3. The predicted octanol–water partition coefficient (Wildman–Crippen LogP) is 2.68. The minimum atomic E-state index is -1.93. The van der Waals surface area contributed by atoms with Gasteiger partial charge in [0.15, 0.2) is 5.82 Å². The van der Waals surface area contributed by atoms with E-state index in [4.69, 9.17) is 0 Å². The molecule has 2 heterocycles. The predicted molar refractivity (Wildman–Crippen MR) is 111 cm³/mol. The summed E-state index contributed by atoms with van der Waals surface area (Å²) in [7, 11) is 0. The Morgan fingerprint density at radius 1 is 1.27 bits per heavy atom. The first kappa shape index (κ1) is 21.1. The fourth-order valence-corrected chi connectivity index (χ4v) is 5.74. The molecule has 164 valence electrons. The van der Waals surface area contributed by atoms with E-state index in [1.54, 1.807) is 4.90 Å². The number of nitrogens with zero attached hydrogens (tertiary/aromatic N) is 2. The number of phenolic OH excluding ortho intramolecular Hbond substituents is 1. The van der Waals surface area contributed by atoms with Crippen molar-refractivity contribution in [1.29, 1.82) is 0 Å². The number of fused-ring (bicyclic) bond motifs is 1. The van der Waals surface area contributed by atoms with Gasteiger partial charge < -0.3 is 10.0 Å². The molecule has 0 radical (unpaired) electrons.